The van der Waals surface area contributed by atoms with Crippen molar-refractivity contribution < 1.29 is 37.4 Å². The maximum atomic E-state index is 14.4. The Morgan fingerprint density at radius 3 is 2.20 bits per heavy atom. The van der Waals surface area contributed by atoms with Gasteiger partial charge in [-0.05, 0) is 116 Å². The third-order valence-electron chi connectivity index (χ3n) is 16.7. The summed E-state index contributed by atoms with van der Waals surface area (Å²) in [5.74, 6) is -0.511. The SMILES string of the molecule is CC1(C)CC[C@]2(C(=O)OCCN3CCS(=O)(=O)CC3)CC[C@]3(C)C(=CC[C@@H]4[C@@]5(C)CCC(OC(=O)c6ccccc6C(=O)O)C(C)(C)[C@@H]5CC[C@]43C)[C@@H]2C1. The van der Waals surface area contributed by atoms with Crippen LogP contribution in [0.25, 0.3) is 0 Å². The molecular formula is C44H63NO8S. The second kappa shape index (κ2) is 13.5. The smallest absolute Gasteiger partial charge is 0.339 e. The first-order chi connectivity index (χ1) is 25.2. The van der Waals surface area contributed by atoms with Crippen molar-refractivity contribution in [2.45, 2.75) is 119 Å². The number of allylic oxidation sites excluding steroid dienone is 2. The molecule has 1 aromatic rings. The molecule has 1 heterocycles. The van der Waals surface area contributed by atoms with Crippen LogP contribution in [0.5, 0.6) is 0 Å². The Kier molecular flexibility index (Phi) is 9.84. The topological polar surface area (TPSA) is 127 Å². The average molecular weight is 766 g/mol. The number of carbonyl (C=O) groups is 3. The summed E-state index contributed by atoms with van der Waals surface area (Å²) < 4.78 is 36.3. The van der Waals surface area contributed by atoms with Crippen molar-refractivity contribution in [3.05, 3.63) is 47.0 Å². The van der Waals surface area contributed by atoms with Crippen molar-refractivity contribution in [2.24, 2.45) is 50.2 Å². The number of carboxylic acids is 1. The zero-order valence-corrected chi connectivity index (χ0v) is 34.5. The molecule has 5 aliphatic carbocycles. The van der Waals surface area contributed by atoms with Gasteiger partial charge in [-0.2, -0.15) is 0 Å². The van der Waals surface area contributed by atoms with Crippen LogP contribution in [0.2, 0.25) is 0 Å². The zero-order valence-electron chi connectivity index (χ0n) is 33.7. The Bertz CT molecular complexity index is 1820. The van der Waals surface area contributed by atoms with E-state index in [0.717, 1.165) is 64.2 Å². The van der Waals surface area contributed by atoms with Crippen molar-refractivity contribution in [2.75, 3.05) is 37.7 Å². The standard InChI is InChI=1S/C44H63NO8S/c1-39(2)18-20-44(38(49)52-25-22-45-23-26-54(50,51)27-24-45)21-19-42(6)31(32(44)28-39)12-13-34-41(5)16-15-35(40(3,4)33(41)14-17-43(34,42)7)53-37(48)30-11-9-8-10-29(30)36(46)47/h8-12,32-35H,13-28H2,1-7H3,(H,46,47)/t32-,33-,34+,35?,41-,42+,43+,44-/m0/s1. The van der Waals surface area contributed by atoms with Gasteiger partial charge in [0.2, 0.25) is 0 Å². The number of rotatable bonds is 7. The first-order valence-electron chi connectivity index (χ1n) is 20.5. The summed E-state index contributed by atoms with van der Waals surface area (Å²) in [5, 5.41) is 9.72. The van der Waals surface area contributed by atoms with Gasteiger partial charge >= 0.3 is 17.9 Å². The first kappa shape index (κ1) is 39.5. The Morgan fingerprint density at radius 1 is 0.852 bits per heavy atom. The Balaban J connectivity index is 1.12. The Hall–Kier alpha value is -2.72. The third kappa shape index (κ3) is 6.28. The molecule has 0 bridgehead atoms. The number of ether oxygens (including phenoxy) is 2. The summed E-state index contributed by atoms with van der Waals surface area (Å²) in [7, 11) is -2.96. The molecule has 1 saturated heterocycles. The summed E-state index contributed by atoms with van der Waals surface area (Å²) in [4.78, 5) is 41.9. The van der Waals surface area contributed by atoms with Crippen LogP contribution < -0.4 is 0 Å². The van der Waals surface area contributed by atoms with E-state index in [9.17, 15) is 27.9 Å². The van der Waals surface area contributed by atoms with Gasteiger partial charge in [0.25, 0.3) is 0 Å². The summed E-state index contributed by atoms with van der Waals surface area (Å²) in [6.45, 7) is 18.6. The largest absolute Gasteiger partial charge is 0.478 e. The minimum Gasteiger partial charge on any atom is -0.478 e. The van der Waals surface area contributed by atoms with E-state index >= 15 is 0 Å². The van der Waals surface area contributed by atoms with Crippen molar-refractivity contribution in [1.82, 2.24) is 4.90 Å². The molecule has 10 heteroatoms. The molecule has 298 valence electrons. The molecule has 1 aliphatic heterocycles. The van der Waals surface area contributed by atoms with Crippen LogP contribution in [-0.4, -0.2) is 80.2 Å². The van der Waals surface area contributed by atoms with Gasteiger partial charge in [0.15, 0.2) is 9.84 Å². The second-order valence-electron chi connectivity index (χ2n) is 20.1. The molecule has 0 amide bonds. The minimum atomic E-state index is -2.96. The lowest BCUT2D eigenvalue weighted by Crippen LogP contribution is -2.65. The van der Waals surface area contributed by atoms with Crippen molar-refractivity contribution in [3.8, 4) is 0 Å². The lowest BCUT2D eigenvalue weighted by Gasteiger charge is -2.71. The van der Waals surface area contributed by atoms with E-state index in [1.807, 2.05) is 0 Å². The number of hydrogen-bond donors (Lipinski definition) is 1. The molecule has 9 nitrogen and oxygen atoms in total. The van der Waals surface area contributed by atoms with E-state index in [-0.39, 0.29) is 67.7 Å². The number of benzene rings is 1. The Labute approximate surface area is 322 Å². The van der Waals surface area contributed by atoms with E-state index in [1.165, 1.54) is 11.6 Å². The number of hydrogen-bond acceptors (Lipinski definition) is 8. The van der Waals surface area contributed by atoms with Gasteiger partial charge < -0.3 is 14.6 Å². The molecule has 1 N–H and O–H groups in total. The van der Waals surface area contributed by atoms with Crippen LogP contribution in [0.15, 0.2) is 35.9 Å². The van der Waals surface area contributed by atoms with Gasteiger partial charge in [0.1, 0.15) is 12.7 Å². The molecule has 5 fully saturated rings. The zero-order chi connectivity index (χ0) is 39.1. The fourth-order valence-corrected chi connectivity index (χ4v) is 14.5. The highest BCUT2D eigenvalue weighted by Crippen LogP contribution is 2.76. The third-order valence-corrected chi connectivity index (χ3v) is 18.3. The molecule has 0 spiro atoms. The molecule has 0 radical (unpaired) electrons. The van der Waals surface area contributed by atoms with Crippen LogP contribution >= 0.6 is 0 Å². The lowest BCUT2D eigenvalue weighted by atomic mass is 9.33. The predicted molar refractivity (Wildman–Crippen MR) is 208 cm³/mol. The van der Waals surface area contributed by atoms with Crippen LogP contribution in [0.1, 0.15) is 133 Å². The van der Waals surface area contributed by atoms with Crippen molar-refractivity contribution in [3.63, 3.8) is 0 Å². The van der Waals surface area contributed by atoms with E-state index in [2.05, 4.69) is 59.4 Å². The number of carbonyl (C=O) groups excluding carboxylic acids is 2. The molecule has 1 aromatic carbocycles. The molecule has 6 aliphatic rings. The van der Waals surface area contributed by atoms with Crippen LogP contribution in [0, 0.1) is 50.2 Å². The van der Waals surface area contributed by atoms with Crippen LogP contribution in [0.3, 0.4) is 0 Å². The number of nitrogens with zero attached hydrogens (tertiary/aromatic N) is 1. The maximum Gasteiger partial charge on any atom is 0.339 e. The molecule has 0 aromatic heterocycles. The Morgan fingerprint density at radius 2 is 1.52 bits per heavy atom. The first-order valence-corrected chi connectivity index (χ1v) is 22.4. The molecule has 8 atom stereocenters. The van der Waals surface area contributed by atoms with Crippen molar-refractivity contribution in [1.29, 1.82) is 0 Å². The predicted octanol–water partition coefficient (Wildman–Crippen LogP) is 7.99. The van der Waals surface area contributed by atoms with Gasteiger partial charge in [0.05, 0.1) is 28.0 Å². The molecule has 7 rings (SSSR count). The summed E-state index contributed by atoms with van der Waals surface area (Å²) in [5.41, 5.74) is 0.859. The normalized spacial score (nSPS) is 39.4. The maximum absolute atomic E-state index is 14.4. The van der Waals surface area contributed by atoms with E-state index in [4.69, 9.17) is 9.47 Å². The highest BCUT2D eigenvalue weighted by Gasteiger charge is 2.69. The van der Waals surface area contributed by atoms with E-state index < -0.39 is 27.2 Å². The number of esters is 2. The molecule has 1 unspecified atom stereocenters. The van der Waals surface area contributed by atoms with Gasteiger partial charge in [0, 0.05) is 25.0 Å². The highest BCUT2D eigenvalue weighted by atomic mass is 32.2. The van der Waals surface area contributed by atoms with Crippen molar-refractivity contribution >= 4 is 27.7 Å². The van der Waals surface area contributed by atoms with Crippen LogP contribution in [-0.2, 0) is 24.1 Å². The van der Waals surface area contributed by atoms with Crippen LogP contribution in [0.4, 0.5) is 0 Å². The quantitative estimate of drug-likeness (QED) is 0.217. The second-order valence-corrected chi connectivity index (χ2v) is 22.4. The highest BCUT2D eigenvalue weighted by molar-refractivity contribution is 7.91. The number of sulfone groups is 1. The van der Waals surface area contributed by atoms with Gasteiger partial charge in [-0.25, -0.2) is 18.0 Å². The number of fused-ring (bicyclic) bond motifs is 7. The molecule has 54 heavy (non-hydrogen) atoms. The fourth-order valence-electron chi connectivity index (χ4n) is 13.2. The number of carboxylic acid groups (broad SMARTS) is 1. The van der Waals surface area contributed by atoms with E-state index in [0.29, 0.717) is 38.1 Å². The van der Waals surface area contributed by atoms with Gasteiger partial charge in [-0.1, -0.05) is 72.2 Å². The average Bonchev–Trinajstić information content (AvgIpc) is 3.10. The van der Waals surface area contributed by atoms with E-state index in [1.54, 1.807) is 18.2 Å². The fraction of sp³-hybridized carbons (Fsp3) is 0.750. The monoisotopic (exact) mass is 765 g/mol. The molecular weight excluding hydrogens is 703 g/mol. The molecule has 4 saturated carbocycles. The number of aromatic carboxylic acids is 1. The summed E-state index contributed by atoms with van der Waals surface area (Å²) in [6, 6.07) is 6.31. The summed E-state index contributed by atoms with van der Waals surface area (Å²) >= 11 is 0. The van der Waals surface area contributed by atoms with Gasteiger partial charge in [-0.15, -0.1) is 0 Å². The summed E-state index contributed by atoms with van der Waals surface area (Å²) in [6.07, 6.45) is 11.6. The van der Waals surface area contributed by atoms with Gasteiger partial charge in [-0.3, -0.25) is 9.69 Å². The lowest BCUT2D eigenvalue weighted by molar-refractivity contribution is -0.206. The minimum absolute atomic E-state index is 0.0243.